The molecule has 0 bridgehead atoms. The van der Waals surface area contributed by atoms with Gasteiger partial charge in [-0.05, 0) is 6.92 Å². The van der Waals surface area contributed by atoms with Crippen LogP contribution in [0.5, 0.6) is 0 Å². The first-order valence-electron chi connectivity index (χ1n) is 2.37. The van der Waals surface area contributed by atoms with Gasteiger partial charge in [0, 0.05) is 6.54 Å². The fraction of sp³-hybridized carbons (Fsp3) is 0.750. The number of alkyl halides is 2. The van der Waals surface area contributed by atoms with E-state index >= 15 is 0 Å². The highest BCUT2D eigenvalue weighted by Gasteiger charge is 2.18. The van der Waals surface area contributed by atoms with Crippen LogP contribution in [0.15, 0.2) is 0 Å². The Balaban J connectivity index is 3.83. The largest absolute Gasteiger partial charge is 0.465 e. The van der Waals surface area contributed by atoms with Crippen LogP contribution in [0.1, 0.15) is 6.92 Å². The minimum Gasteiger partial charge on any atom is -0.465 e. The van der Waals surface area contributed by atoms with E-state index in [0.29, 0.717) is 0 Å². The summed E-state index contributed by atoms with van der Waals surface area (Å²) in [6.45, 7) is -1.75. The molecule has 9 heavy (non-hydrogen) atoms. The quantitative estimate of drug-likeness (QED) is 0.584. The number of halogens is 2. The number of amides is 1. The van der Waals surface area contributed by atoms with Gasteiger partial charge in [-0.15, -0.1) is 0 Å². The Kier molecular flexibility index (Phi) is 2.90. The summed E-state index contributed by atoms with van der Waals surface area (Å²) >= 11 is 0. The fourth-order valence-electron chi connectivity index (χ4n) is 0.357. The summed E-state index contributed by atoms with van der Waals surface area (Å²) in [5.41, 5.74) is 0. The molecule has 0 fully saturated rings. The van der Waals surface area contributed by atoms with E-state index in [2.05, 4.69) is 0 Å². The molecule has 54 valence electrons. The highest BCUT2D eigenvalue weighted by molar-refractivity contribution is 5.64. The summed E-state index contributed by atoms with van der Waals surface area (Å²) in [7, 11) is 0. The van der Waals surface area contributed by atoms with Crippen LogP contribution < -0.4 is 0 Å². The number of hydrogen-bond acceptors (Lipinski definition) is 1. The van der Waals surface area contributed by atoms with E-state index in [-0.39, 0.29) is 11.4 Å². The van der Waals surface area contributed by atoms with Crippen molar-refractivity contribution < 1.29 is 18.7 Å². The van der Waals surface area contributed by atoms with E-state index in [4.69, 9.17) is 5.11 Å². The number of hydrogen-bond donors (Lipinski definition) is 1. The van der Waals surface area contributed by atoms with Crippen LogP contribution in [-0.4, -0.2) is 29.2 Å². The average Bonchev–Trinajstić information content (AvgIpc) is 1.64. The second-order valence-electron chi connectivity index (χ2n) is 1.35. The van der Waals surface area contributed by atoms with Gasteiger partial charge in [0.05, 0.1) is 0 Å². The predicted molar refractivity (Wildman–Crippen MR) is 26.4 cm³/mol. The van der Waals surface area contributed by atoms with Gasteiger partial charge in [0.2, 0.25) is 0 Å². The van der Waals surface area contributed by atoms with Crippen LogP contribution in [-0.2, 0) is 0 Å². The SMILES string of the molecule is CCN(C(=O)O)C(F)F. The maximum atomic E-state index is 11.5. The van der Waals surface area contributed by atoms with Crippen molar-refractivity contribution in [3.05, 3.63) is 0 Å². The molecule has 3 nitrogen and oxygen atoms in total. The Morgan fingerprint density at radius 2 is 2.22 bits per heavy atom. The summed E-state index contributed by atoms with van der Waals surface area (Å²) < 4.78 is 23.0. The molecule has 0 saturated heterocycles. The van der Waals surface area contributed by atoms with Gasteiger partial charge < -0.3 is 5.11 Å². The van der Waals surface area contributed by atoms with Crippen molar-refractivity contribution in [2.45, 2.75) is 13.5 Å². The Morgan fingerprint density at radius 1 is 1.78 bits per heavy atom. The van der Waals surface area contributed by atoms with Crippen LogP contribution in [0.2, 0.25) is 0 Å². The number of rotatable bonds is 2. The molecule has 0 atom stereocenters. The van der Waals surface area contributed by atoms with E-state index < -0.39 is 12.6 Å². The summed E-state index contributed by atoms with van der Waals surface area (Å²) in [6.07, 6.45) is -1.59. The van der Waals surface area contributed by atoms with Gasteiger partial charge >= 0.3 is 12.6 Å². The van der Waals surface area contributed by atoms with Gasteiger partial charge in [-0.2, -0.15) is 8.78 Å². The number of carboxylic acid groups (broad SMARTS) is 1. The first-order valence-corrected chi connectivity index (χ1v) is 2.37. The molecule has 1 N–H and O–H groups in total. The maximum absolute atomic E-state index is 11.5. The highest BCUT2D eigenvalue weighted by atomic mass is 19.3. The molecule has 0 unspecified atom stereocenters. The van der Waals surface area contributed by atoms with Crippen molar-refractivity contribution in [3.8, 4) is 0 Å². The highest BCUT2D eigenvalue weighted by Crippen LogP contribution is 2.01. The fourth-order valence-corrected chi connectivity index (χ4v) is 0.357. The molecule has 0 aliphatic carbocycles. The van der Waals surface area contributed by atoms with E-state index in [9.17, 15) is 13.6 Å². The lowest BCUT2D eigenvalue weighted by Gasteiger charge is -2.14. The predicted octanol–water partition coefficient (Wildman–Crippen LogP) is 1.21. The third-order valence-electron chi connectivity index (χ3n) is 0.822. The van der Waals surface area contributed by atoms with E-state index in [1.165, 1.54) is 6.92 Å². The summed E-state index contributed by atoms with van der Waals surface area (Å²) in [4.78, 5) is 9.86. The topological polar surface area (TPSA) is 40.5 Å². The summed E-state index contributed by atoms with van der Waals surface area (Å²) in [5.74, 6) is 0. The van der Waals surface area contributed by atoms with E-state index in [0.717, 1.165) is 0 Å². The Morgan fingerprint density at radius 3 is 2.22 bits per heavy atom. The first-order chi connectivity index (χ1) is 4.09. The first kappa shape index (κ1) is 8.13. The molecule has 0 radical (unpaired) electrons. The minimum absolute atomic E-state index is 0.0417. The second-order valence-corrected chi connectivity index (χ2v) is 1.35. The zero-order valence-corrected chi connectivity index (χ0v) is 4.84. The van der Waals surface area contributed by atoms with Crippen LogP contribution in [0.25, 0.3) is 0 Å². The monoisotopic (exact) mass is 139 g/mol. The van der Waals surface area contributed by atoms with Crippen molar-refractivity contribution in [2.75, 3.05) is 6.54 Å². The molecule has 0 aromatic heterocycles. The molecule has 0 aromatic carbocycles. The lowest BCUT2D eigenvalue weighted by molar-refractivity contribution is -0.0110. The van der Waals surface area contributed by atoms with E-state index in [1.54, 1.807) is 0 Å². The number of carbonyl (C=O) groups is 1. The van der Waals surface area contributed by atoms with Crippen molar-refractivity contribution >= 4 is 6.09 Å². The Hall–Kier alpha value is -0.870. The maximum Gasteiger partial charge on any atom is 0.411 e. The normalized spacial score (nSPS) is 9.78. The van der Waals surface area contributed by atoms with Crippen molar-refractivity contribution in [2.24, 2.45) is 0 Å². The lowest BCUT2D eigenvalue weighted by atomic mass is 10.6. The van der Waals surface area contributed by atoms with Gasteiger partial charge in [0.15, 0.2) is 0 Å². The molecule has 0 heterocycles. The second kappa shape index (κ2) is 3.21. The van der Waals surface area contributed by atoms with Gasteiger partial charge in [-0.1, -0.05) is 0 Å². The van der Waals surface area contributed by atoms with Gasteiger partial charge in [0.1, 0.15) is 0 Å². The van der Waals surface area contributed by atoms with Gasteiger partial charge in [-0.25, -0.2) is 4.79 Å². The van der Waals surface area contributed by atoms with Gasteiger partial charge in [-0.3, -0.25) is 4.90 Å². The molecule has 0 rings (SSSR count). The smallest absolute Gasteiger partial charge is 0.411 e. The van der Waals surface area contributed by atoms with Crippen LogP contribution in [0.4, 0.5) is 13.6 Å². The third-order valence-corrected chi connectivity index (χ3v) is 0.822. The lowest BCUT2D eigenvalue weighted by Crippen LogP contribution is -2.33. The zero-order valence-electron chi connectivity index (χ0n) is 4.84. The minimum atomic E-state index is -2.91. The molecule has 0 saturated carbocycles. The molecule has 0 aromatic rings. The molecular weight excluding hydrogens is 132 g/mol. The van der Waals surface area contributed by atoms with Crippen LogP contribution in [0, 0.1) is 0 Å². The van der Waals surface area contributed by atoms with Crippen molar-refractivity contribution in [1.29, 1.82) is 0 Å². The van der Waals surface area contributed by atoms with Crippen molar-refractivity contribution in [1.82, 2.24) is 4.90 Å². The molecular formula is C4H7F2NO2. The molecule has 0 spiro atoms. The van der Waals surface area contributed by atoms with Crippen LogP contribution >= 0.6 is 0 Å². The standard InChI is InChI=1S/C4H7F2NO2/c1-2-7(3(5)6)4(8)9/h3H,2H2,1H3,(H,8,9). The van der Waals surface area contributed by atoms with Gasteiger partial charge in [0.25, 0.3) is 0 Å². The van der Waals surface area contributed by atoms with Crippen molar-refractivity contribution in [3.63, 3.8) is 0 Å². The number of nitrogens with zero attached hydrogens (tertiary/aromatic N) is 1. The third kappa shape index (κ3) is 2.25. The zero-order chi connectivity index (χ0) is 7.44. The summed E-state index contributed by atoms with van der Waals surface area (Å²) in [5, 5.41) is 7.99. The van der Waals surface area contributed by atoms with Crippen LogP contribution in [0.3, 0.4) is 0 Å². The molecule has 1 amide bonds. The Bertz CT molecular complexity index is 107. The molecule has 0 aliphatic heterocycles. The molecule has 0 aliphatic rings. The van der Waals surface area contributed by atoms with E-state index in [1.807, 2.05) is 0 Å². The summed E-state index contributed by atoms with van der Waals surface area (Å²) in [6, 6.07) is 0. The Labute approximate surface area is 50.9 Å². The average molecular weight is 139 g/mol. The molecule has 5 heteroatoms.